The lowest BCUT2D eigenvalue weighted by atomic mass is 10.2. The summed E-state index contributed by atoms with van der Waals surface area (Å²) in [6, 6.07) is 1.75. The van der Waals surface area contributed by atoms with E-state index in [1.165, 1.54) is 6.26 Å². The second-order valence-electron chi connectivity index (χ2n) is 6.08. The van der Waals surface area contributed by atoms with Crippen LogP contribution in [-0.4, -0.2) is 55.2 Å². The topological polar surface area (TPSA) is 78.7 Å². The third-order valence-electron chi connectivity index (χ3n) is 4.21. The van der Waals surface area contributed by atoms with E-state index in [0.29, 0.717) is 42.3 Å². The van der Waals surface area contributed by atoms with E-state index in [1.807, 2.05) is 14.0 Å². The molecule has 11 heteroatoms. The SMILES string of the molecule is CCNC(=NCc1cc(Cl)c(Cl)n1C)NC[C@H]1CCCN1S(C)(=O)=O.I. The molecule has 1 fully saturated rings. The molecule has 1 saturated heterocycles. The van der Waals surface area contributed by atoms with Crippen molar-refractivity contribution in [2.24, 2.45) is 12.0 Å². The van der Waals surface area contributed by atoms with Gasteiger partial charge in [0.2, 0.25) is 10.0 Å². The molecule has 2 heterocycles. The Balaban J connectivity index is 0.00000338. The average Bonchev–Trinajstić information content (AvgIpc) is 3.11. The average molecular weight is 538 g/mol. The first-order valence-corrected chi connectivity index (χ1v) is 10.8. The predicted octanol–water partition coefficient (Wildman–Crippen LogP) is 2.43. The first-order chi connectivity index (χ1) is 11.7. The number of hydrogen-bond donors (Lipinski definition) is 2. The van der Waals surface area contributed by atoms with E-state index < -0.39 is 10.0 Å². The molecule has 1 aromatic heterocycles. The monoisotopic (exact) mass is 537 g/mol. The number of nitrogens with zero attached hydrogens (tertiary/aromatic N) is 3. The first-order valence-electron chi connectivity index (χ1n) is 8.22. The summed E-state index contributed by atoms with van der Waals surface area (Å²) in [7, 11) is -1.34. The minimum atomic E-state index is -3.17. The van der Waals surface area contributed by atoms with Crippen LogP contribution in [0.4, 0.5) is 0 Å². The number of hydrogen-bond acceptors (Lipinski definition) is 3. The lowest BCUT2D eigenvalue weighted by molar-refractivity contribution is 0.387. The van der Waals surface area contributed by atoms with Crippen molar-refractivity contribution in [1.82, 2.24) is 19.5 Å². The zero-order valence-electron chi connectivity index (χ0n) is 15.1. The third-order valence-corrected chi connectivity index (χ3v) is 6.39. The third kappa shape index (κ3) is 6.15. The number of sulfonamides is 1. The van der Waals surface area contributed by atoms with Crippen LogP contribution in [0.5, 0.6) is 0 Å². The molecule has 2 rings (SSSR count). The fourth-order valence-corrected chi connectivity index (χ4v) is 4.50. The number of nitrogens with one attached hydrogen (secondary N) is 2. The quantitative estimate of drug-likeness (QED) is 0.332. The zero-order valence-corrected chi connectivity index (χ0v) is 19.8. The van der Waals surface area contributed by atoms with E-state index >= 15 is 0 Å². The Labute approximate surface area is 182 Å². The van der Waals surface area contributed by atoms with Crippen molar-refractivity contribution < 1.29 is 8.42 Å². The van der Waals surface area contributed by atoms with Gasteiger partial charge in [0.25, 0.3) is 0 Å². The summed E-state index contributed by atoms with van der Waals surface area (Å²) in [6.07, 6.45) is 2.99. The highest BCUT2D eigenvalue weighted by molar-refractivity contribution is 14.0. The molecule has 0 amide bonds. The molecule has 150 valence electrons. The largest absolute Gasteiger partial charge is 0.357 e. The van der Waals surface area contributed by atoms with Crippen LogP contribution in [0.25, 0.3) is 0 Å². The summed E-state index contributed by atoms with van der Waals surface area (Å²) in [5.74, 6) is 0.635. The van der Waals surface area contributed by atoms with Gasteiger partial charge in [-0.25, -0.2) is 13.4 Å². The van der Waals surface area contributed by atoms with Crippen molar-refractivity contribution in [3.05, 3.63) is 21.9 Å². The van der Waals surface area contributed by atoms with Crippen LogP contribution in [0.3, 0.4) is 0 Å². The van der Waals surface area contributed by atoms with Crippen molar-refractivity contribution >= 4 is 63.2 Å². The molecule has 2 N–H and O–H groups in total. The van der Waals surface area contributed by atoms with Gasteiger partial charge in [-0.3, -0.25) is 0 Å². The van der Waals surface area contributed by atoms with Gasteiger partial charge in [0, 0.05) is 38.4 Å². The number of halogens is 3. The standard InChI is InChI=1S/C15H25Cl2N5O2S.HI/c1-4-18-15(20-10-12-8-13(16)14(17)21(12)2)19-9-11-6-5-7-22(11)25(3,23)24;/h8,11H,4-7,9-10H2,1-3H3,(H2,18,19,20);1H/t11-;/m1./s1. The van der Waals surface area contributed by atoms with Gasteiger partial charge < -0.3 is 15.2 Å². The van der Waals surface area contributed by atoms with Crippen LogP contribution in [0.1, 0.15) is 25.5 Å². The molecule has 0 aliphatic carbocycles. The van der Waals surface area contributed by atoms with Gasteiger partial charge in [0.05, 0.1) is 17.8 Å². The van der Waals surface area contributed by atoms with Crippen LogP contribution in [0.2, 0.25) is 10.2 Å². The van der Waals surface area contributed by atoms with Crippen LogP contribution in [-0.2, 0) is 23.6 Å². The Kier molecular flexibility index (Phi) is 9.48. The molecule has 1 aromatic rings. The number of rotatable bonds is 6. The van der Waals surface area contributed by atoms with Gasteiger partial charge in [-0.05, 0) is 25.8 Å². The summed E-state index contributed by atoms with van der Waals surface area (Å²) in [4.78, 5) is 4.54. The fraction of sp³-hybridized carbons (Fsp3) is 0.667. The van der Waals surface area contributed by atoms with Crippen molar-refractivity contribution in [2.45, 2.75) is 32.4 Å². The second kappa shape index (κ2) is 10.4. The molecule has 1 aliphatic heterocycles. The molecule has 1 atom stereocenters. The summed E-state index contributed by atoms with van der Waals surface area (Å²) >= 11 is 12.1. The Hall–Kier alpha value is -0.230. The molecule has 0 radical (unpaired) electrons. The summed E-state index contributed by atoms with van der Waals surface area (Å²) < 4.78 is 27.0. The Bertz CT molecular complexity index is 739. The molecule has 0 aromatic carbocycles. The highest BCUT2D eigenvalue weighted by Crippen LogP contribution is 2.25. The lowest BCUT2D eigenvalue weighted by Crippen LogP contribution is -2.46. The maximum atomic E-state index is 11.8. The molecule has 0 unspecified atom stereocenters. The highest BCUT2D eigenvalue weighted by atomic mass is 127. The zero-order chi connectivity index (χ0) is 18.6. The van der Waals surface area contributed by atoms with E-state index in [0.717, 1.165) is 18.5 Å². The molecule has 7 nitrogen and oxygen atoms in total. The Morgan fingerprint density at radius 3 is 2.62 bits per heavy atom. The van der Waals surface area contributed by atoms with Gasteiger partial charge in [0.15, 0.2) is 5.96 Å². The van der Waals surface area contributed by atoms with Crippen LogP contribution in [0.15, 0.2) is 11.1 Å². The predicted molar refractivity (Wildman–Crippen MR) is 118 cm³/mol. The first kappa shape index (κ1) is 23.8. The molecule has 0 saturated carbocycles. The van der Waals surface area contributed by atoms with Crippen molar-refractivity contribution in [1.29, 1.82) is 0 Å². The molecule has 0 spiro atoms. The summed E-state index contributed by atoms with van der Waals surface area (Å²) in [5.41, 5.74) is 0.894. The van der Waals surface area contributed by atoms with Crippen LogP contribution in [0, 0.1) is 0 Å². The van der Waals surface area contributed by atoms with Crippen molar-refractivity contribution in [3.8, 4) is 0 Å². The van der Waals surface area contributed by atoms with Gasteiger partial charge in [0.1, 0.15) is 5.15 Å². The number of guanidine groups is 1. The summed E-state index contributed by atoms with van der Waals surface area (Å²) in [6.45, 7) is 4.21. The smallest absolute Gasteiger partial charge is 0.211 e. The van der Waals surface area contributed by atoms with E-state index in [2.05, 4.69) is 15.6 Å². The van der Waals surface area contributed by atoms with E-state index in [9.17, 15) is 8.42 Å². The minimum Gasteiger partial charge on any atom is -0.357 e. The van der Waals surface area contributed by atoms with Gasteiger partial charge in [-0.1, -0.05) is 23.2 Å². The molecular weight excluding hydrogens is 512 g/mol. The summed E-state index contributed by atoms with van der Waals surface area (Å²) in [5, 5.41) is 7.39. The molecule has 1 aliphatic rings. The number of aromatic nitrogens is 1. The maximum Gasteiger partial charge on any atom is 0.211 e. The van der Waals surface area contributed by atoms with Crippen molar-refractivity contribution in [3.63, 3.8) is 0 Å². The fourth-order valence-electron chi connectivity index (χ4n) is 2.91. The molecule has 26 heavy (non-hydrogen) atoms. The molecular formula is C15H26Cl2IN5O2S. The Morgan fingerprint density at radius 2 is 2.08 bits per heavy atom. The minimum absolute atomic E-state index is 0. The van der Waals surface area contributed by atoms with Gasteiger partial charge >= 0.3 is 0 Å². The Morgan fingerprint density at radius 1 is 1.38 bits per heavy atom. The van der Waals surface area contributed by atoms with E-state index in [4.69, 9.17) is 23.2 Å². The van der Waals surface area contributed by atoms with Crippen LogP contribution >= 0.6 is 47.2 Å². The van der Waals surface area contributed by atoms with Crippen molar-refractivity contribution in [2.75, 3.05) is 25.9 Å². The lowest BCUT2D eigenvalue weighted by Gasteiger charge is -2.23. The second-order valence-corrected chi connectivity index (χ2v) is 8.78. The normalized spacial score (nSPS) is 18.7. The molecule has 0 bridgehead atoms. The van der Waals surface area contributed by atoms with E-state index in [1.54, 1.807) is 14.9 Å². The maximum absolute atomic E-state index is 11.8. The highest BCUT2D eigenvalue weighted by Gasteiger charge is 2.31. The van der Waals surface area contributed by atoms with Crippen LogP contribution < -0.4 is 10.6 Å². The van der Waals surface area contributed by atoms with E-state index in [-0.39, 0.29) is 30.0 Å². The number of aliphatic imine (C=N–C) groups is 1. The van der Waals surface area contributed by atoms with Gasteiger partial charge in [-0.15, -0.1) is 24.0 Å². The van der Waals surface area contributed by atoms with Gasteiger partial charge in [-0.2, -0.15) is 4.31 Å².